The summed E-state index contributed by atoms with van der Waals surface area (Å²) < 4.78 is 7.08. The number of carbonyl (C=O) groups is 1. The van der Waals surface area contributed by atoms with Gasteiger partial charge >= 0.3 is 0 Å². The minimum absolute atomic E-state index is 0.212. The molecule has 3 aromatic rings. The van der Waals surface area contributed by atoms with E-state index in [1.165, 1.54) is 0 Å². The Bertz CT molecular complexity index is 841. The SMILES string of the molecule is COc1ccc(N)c(NC(=O)c2cccn2Cc2ccccc2)c1. The number of anilines is 2. The highest BCUT2D eigenvalue weighted by Crippen LogP contribution is 2.25. The van der Waals surface area contributed by atoms with Gasteiger partial charge in [-0.3, -0.25) is 4.79 Å². The van der Waals surface area contributed by atoms with Crippen molar-refractivity contribution in [2.75, 3.05) is 18.2 Å². The van der Waals surface area contributed by atoms with E-state index in [1.807, 2.05) is 47.2 Å². The lowest BCUT2D eigenvalue weighted by molar-refractivity contribution is 0.101. The van der Waals surface area contributed by atoms with E-state index < -0.39 is 0 Å². The van der Waals surface area contributed by atoms with Crippen molar-refractivity contribution in [3.63, 3.8) is 0 Å². The molecule has 0 saturated heterocycles. The Kier molecular flexibility index (Phi) is 4.52. The fourth-order valence-corrected chi connectivity index (χ4v) is 2.50. The molecule has 1 amide bonds. The second-order valence-electron chi connectivity index (χ2n) is 5.41. The Balaban J connectivity index is 1.80. The lowest BCUT2D eigenvalue weighted by atomic mass is 10.2. The number of methoxy groups -OCH3 is 1. The normalized spacial score (nSPS) is 10.4. The number of nitrogens with one attached hydrogen (secondary N) is 1. The molecule has 122 valence electrons. The monoisotopic (exact) mass is 321 g/mol. The van der Waals surface area contributed by atoms with Crippen LogP contribution >= 0.6 is 0 Å². The molecule has 0 fully saturated rings. The zero-order valence-corrected chi connectivity index (χ0v) is 13.4. The summed E-state index contributed by atoms with van der Waals surface area (Å²) >= 11 is 0. The number of amides is 1. The van der Waals surface area contributed by atoms with Crippen LogP contribution in [0.4, 0.5) is 11.4 Å². The van der Waals surface area contributed by atoms with Gasteiger partial charge in [0.2, 0.25) is 0 Å². The number of hydrogen-bond donors (Lipinski definition) is 2. The molecule has 5 heteroatoms. The summed E-state index contributed by atoms with van der Waals surface area (Å²) in [5.74, 6) is 0.426. The van der Waals surface area contributed by atoms with Crippen molar-refractivity contribution < 1.29 is 9.53 Å². The molecule has 3 N–H and O–H groups in total. The molecule has 2 aromatic carbocycles. The van der Waals surface area contributed by atoms with Crippen molar-refractivity contribution >= 4 is 17.3 Å². The van der Waals surface area contributed by atoms with Gasteiger partial charge in [-0.1, -0.05) is 30.3 Å². The first-order valence-electron chi connectivity index (χ1n) is 7.61. The summed E-state index contributed by atoms with van der Waals surface area (Å²) in [6.45, 7) is 0.629. The Hall–Kier alpha value is -3.21. The van der Waals surface area contributed by atoms with E-state index in [-0.39, 0.29) is 5.91 Å². The maximum Gasteiger partial charge on any atom is 0.272 e. The van der Waals surface area contributed by atoms with E-state index in [9.17, 15) is 4.79 Å². The fourth-order valence-electron chi connectivity index (χ4n) is 2.50. The van der Waals surface area contributed by atoms with Gasteiger partial charge in [0.25, 0.3) is 5.91 Å². The summed E-state index contributed by atoms with van der Waals surface area (Å²) in [5, 5.41) is 2.85. The number of nitrogens with zero attached hydrogens (tertiary/aromatic N) is 1. The van der Waals surface area contributed by atoms with Gasteiger partial charge in [0.05, 0.1) is 18.5 Å². The van der Waals surface area contributed by atoms with Crippen LogP contribution in [-0.2, 0) is 6.54 Å². The van der Waals surface area contributed by atoms with Gasteiger partial charge in [0.15, 0.2) is 0 Å². The summed E-state index contributed by atoms with van der Waals surface area (Å²) in [4.78, 5) is 12.6. The second kappa shape index (κ2) is 6.91. The smallest absolute Gasteiger partial charge is 0.272 e. The number of rotatable bonds is 5. The van der Waals surface area contributed by atoms with Crippen LogP contribution in [0.5, 0.6) is 5.75 Å². The third-order valence-electron chi connectivity index (χ3n) is 3.77. The Morgan fingerprint density at radius 1 is 1.12 bits per heavy atom. The molecular weight excluding hydrogens is 302 g/mol. The Morgan fingerprint density at radius 2 is 1.92 bits per heavy atom. The van der Waals surface area contributed by atoms with E-state index in [4.69, 9.17) is 10.5 Å². The van der Waals surface area contributed by atoms with Crippen LogP contribution < -0.4 is 15.8 Å². The van der Waals surface area contributed by atoms with Gasteiger partial charge in [-0.05, 0) is 29.8 Å². The first kappa shape index (κ1) is 15.7. The van der Waals surface area contributed by atoms with Gasteiger partial charge in [-0.2, -0.15) is 0 Å². The third kappa shape index (κ3) is 3.41. The number of nitrogen functional groups attached to an aromatic ring is 1. The topological polar surface area (TPSA) is 69.3 Å². The van der Waals surface area contributed by atoms with E-state index in [0.717, 1.165) is 5.56 Å². The molecule has 3 rings (SSSR count). The fraction of sp³-hybridized carbons (Fsp3) is 0.105. The minimum atomic E-state index is -0.212. The molecule has 1 aromatic heterocycles. The van der Waals surface area contributed by atoms with Crippen LogP contribution in [0.2, 0.25) is 0 Å². The zero-order chi connectivity index (χ0) is 16.9. The molecule has 0 aliphatic rings. The largest absolute Gasteiger partial charge is 0.497 e. The van der Waals surface area contributed by atoms with Crippen molar-refractivity contribution in [2.24, 2.45) is 0 Å². The molecule has 0 aliphatic carbocycles. The number of nitrogens with two attached hydrogens (primary N) is 1. The minimum Gasteiger partial charge on any atom is -0.497 e. The highest BCUT2D eigenvalue weighted by molar-refractivity contribution is 6.04. The average molecular weight is 321 g/mol. The maximum atomic E-state index is 12.6. The zero-order valence-electron chi connectivity index (χ0n) is 13.4. The van der Waals surface area contributed by atoms with Crippen LogP contribution in [0.1, 0.15) is 16.1 Å². The molecule has 1 heterocycles. The lowest BCUT2D eigenvalue weighted by Crippen LogP contribution is -2.18. The number of ether oxygens (including phenoxy) is 1. The summed E-state index contributed by atoms with van der Waals surface area (Å²) in [6.07, 6.45) is 1.89. The van der Waals surface area contributed by atoms with Crippen LogP contribution in [0, 0.1) is 0 Å². The predicted molar refractivity (Wildman–Crippen MR) is 95.3 cm³/mol. The molecule has 0 atom stereocenters. The van der Waals surface area contributed by atoms with Gasteiger partial charge in [0.1, 0.15) is 11.4 Å². The third-order valence-corrected chi connectivity index (χ3v) is 3.77. The lowest BCUT2D eigenvalue weighted by Gasteiger charge is -2.12. The number of carbonyl (C=O) groups excluding carboxylic acids is 1. The molecule has 0 bridgehead atoms. The second-order valence-corrected chi connectivity index (χ2v) is 5.41. The number of hydrogen-bond acceptors (Lipinski definition) is 3. The Morgan fingerprint density at radius 3 is 2.67 bits per heavy atom. The van der Waals surface area contributed by atoms with E-state index in [0.29, 0.717) is 29.4 Å². The molecular formula is C19H19N3O2. The molecule has 0 radical (unpaired) electrons. The first-order chi connectivity index (χ1) is 11.7. The number of benzene rings is 2. The summed E-state index contributed by atoms with van der Waals surface area (Å²) in [5.41, 5.74) is 8.65. The Labute approximate surface area is 140 Å². The summed E-state index contributed by atoms with van der Waals surface area (Å²) in [6, 6.07) is 18.8. The van der Waals surface area contributed by atoms with Crippen molar-refractivity contribution in [1.82, 2.24) is 4.57 Å². The van der Waals surface area contributed by atoms with Gasteiger partial charge in [-0.15, -0.1) is 0 Å². The molecule has 0 saturated carbocycles. The van der Waals surface area contributed by atoms with Gasteiger partial charge in [-0.25, -0.2) is 0 Å². The molecule has 24 heavy (non-hydrogen) atoms. The predicted octanol–water partition coefficient (Wildman–Crippen LogP) is 3.38. The van der Waals surface area contributed by atoms with Crippen molar-refractivity contribution in [3.8, 4) is 5.75 Å². The molecule has 0 aliphatic heterocycles. The van der Waals surface area contributed by atoms with Gasteiger partial charge < -0.3 is 20.4 Å². The molecule has 0 spiro atoms. The van der Waals surface area contributed by atoms with Crippen LogP contribution in [0.3, 0.4) is 0 Å². The standard InChI is InChI=1S/C19H19N3O2/c1-24-15-9-10-16(20)17(12-15)21-19(23)18-8-5-11-22(18)13-14-6-3-2-4-7-14/h2-12H,13,20H2,1H3,(H,21,23). The van der Waals surface area contributed by atoms with Crippen molar-refractivity contribution in [2.45, 2.75) is 6.54 Å². The maximum absolute atomic E-state index is 12.6. The highest BCUT2D eigenvalue weighted by atomic mass is 16.5. The first-order valence-corrected chi connectivity index (χ1v) is 7.61. The molecule has 5 nitrogen and oxygen atoms in total. The van der Waals surface area contributed by atoms with E-state index >= 15 is 0 Å². The van der Waals surface area contributed by atoms with E-state index in [1.54, 1.807) is 31.4 Å². The van der Waals surface area contributed by atoms with Crippen LogP contribution in [-0.4, -0.2) is 17.6 Å². The van der Waals surface area contributed by atoms with E-state index in [2.05, 4.69) is 5.32 Å². The van der Waals surface area contributed by atoms with Crippen LogP contribution in [0.15, 0.2) is 66.9 Å². The molecule has 0 unspecified atom stereocenters. The quantitative estimate of drug-likeness (QED) is 0.708. The average Bonchev–Trinajstić information content (AvgIpc) is 3.06. The van der Waals surface area contributed by atoms with Crippen molar-refractivity contribution in [3.05, 3.63) is 78.1 Å². The summed E-state index contributed by atoms with van der Waals surface area (Å²) in [7, 11) is 1.57. The highest BCUT2D eigenvalue weighted by Gasteiger charge is 2.13. The number of aromatic nitrogens is 1. The van der Waals surface area contributed by atoms with Crippen molar-refractivity contribution in [1.29, 1.82) is 0 Å². The van der Waals surface area contributed by atoms with Gasteiger partial charge in [0, 0.05) is 18.8 Å². The van der Waals surface area contributed by atoms with Crippen LogP contribution in [0.25, 0.3) is 0 Å².